The zero-order valence-electron chi connectivity index (χ0n) is 17.0. The highest BCUT2D eigenvalue weighted by Gasteiger charge is 2.38. The molecule has 1 atom stereocenters. The van der Waals surface area contributed by atoms with Crippen LogP contribution < -0.4 is 5.32 Å². The summed E-state index contributed by atoms with van der Waals surface area (Å²) in [7, 11) is 0. The van der Waals surface area contributed by atoms with Crippen LogP contribution in [0.15, 0.2) is 22.6 Å². The van der Waals surface area contributed by atoms with Gasteiger partial charge in [0.25, 0.3) is 0 Å². The third-order valence-corrected chi connectivity index (χ3v) is 4.75. The van der Waals surface area contributed by atoms with E-state index < -0.39 is 11.5 Å². The molecule has 1 aromatic heterocycles. The van der Waals surface area contributed by atoms with Gasteiger partial charge < -0.3 is 14.6 Å². The maximum absolute atomic E-state index is 12.8. The Labute approximate surface area is 160 Å². The second-order valence-electron chi connectivity index (χ2n) is 9.35. The summed E-state index contributed by atoms with van der Waals surface area (Å²) in [5, 5.41) is 2.95. The summed E-state index contributed by atoms with van der Waals surface area (Å²) in [5.74, 6) is 0.532. The van der Waals surface area contributed by atoms with Gasteiger partial charge in [0.15, 0.2) is 5.58 Å². The fourth-order valence-electron chi connectivity index (χ4n) is 3.26. The van der Waals surface area contributed by atoms with E-state index in [0.717, 1.165) is 6.42 Å². The van der Waals surface area contributed by atoms with E-state index in [2.05, 4.69) is 10.3 Å². The molecular formula is C21H29N3O3. The number of nitrogens with one attached hydrogen (secondary N) is 1. The predicted octanol–water partition coefficient (Wildman–Crippen LogP) is 4.10. The van der Waals surface area contributed by atoms with Gasteiger partial charge in [0, 0.05) is 23.1 Å². The number of hydrogen-bond acceptors (Lipinski definition) is 4. The summed E-state index contributed by atoms with van der Waals surface area (Å²) < 4.78 is 5.80. The third-order valence-electron chi connectivity index (χ3n) is 4.75. The number of fused-ring (bicyclic) bond motifs is 1. The quantitative estimate of drug-likeness (QED) is 0.862. The lowest BCUT2D eigenvalue weighted by Crippen LogP contribution is -2.47. The Morgan fingerprint density at radius 2 is 1.89 bits per heavy atom. The van der Waals surface area contributed by atoms with Crippen molar-refractivity contribution in [2.75, 3.05) is 11.9 Å². The normalized spacial score (nSPS) is 18.1. The Morgan fingerprint density at radius 1 is 1.19 bits per heavy atom. The van der Waals surface area contributed by atoms with E-state index in [9.17, 15) is 9.59 Å². The number of hydrogen-bond donors (Lipinski definition) is 1. The molecule has 0 saturated carbocycles. The molecule has 0 bridgehead atoms. The van der Waals surface area contributed by atoms with Gasteiger partial charge >= 0.3 is 0 Å². The molecule has 6 nitrogen and oxygen atoms in total. The number of aromatic nitrogens is 1. The highest BCUT2D eigenvalue weighted by molar-refractivity contribution is 5.99. The molecule has 6 heteroatoms. The standard InChI is InChI=1S/C21H29N3O3/c1-20(2,3)18-23-14-12-13(9-10-16(14)27-18)22-17(25)15-8-7-11-24(15)19(26)21(4,5)6/h9-10,12,15H,7-8,11H2,1-6H3,(H,22,25). The van der Waals surface area contributed by atoms with Crippen molar-refractivity contribution in [1.82, 2.24) is 9.88 Å². The minimum Gasteiger partial charge on any atom is -0.440 e. The molecule has 1 saturated heterocycles. The fourth-order valence-corrected chi connectivity index (χ4v) is 3.26. The summed E-state index contributed by atoms with van der Waals surface area (Å²) in [5.41, 5.74) is 1.40. The van der Waals surface area contributed by atoms with Crippen LogP contribution in [0.25, 0.3) is 11.1 Å². The number of rotatable bonds is 2. The summed E-state index contributed by atoms with van der Waals surface area (Å²) >= 11 is 0. The second-order valence-corrected chi connectivity index (χ2v) is 9.35. The molecule has 2 aromatic rings. The molecule has 2 amide bonds. The number of carbonyl (C=O) groups is 2. The Balaban J connectivity index is 1.78. The molecule has 146 valence electrons. The van der Waals surface area contributed by atoms with Gasteiger partial charge in [-0.05, 0) is 31.0 Å². The Kier molecular flexibility index (Phi) is 4.78. The van der Waals surface area contributed by atoms with Crippen molar-refractivity contribution < 1.29 is 14.0 Å². The molecule has 1 N–H and O–H groups in total. The van der Waals surface area contributed by atoms with Crippen LogP contribution in [-0.4, -0.2) is 34.3 Å². The summed E-state index contributed by atoms with van der Waals surface area (Å²) in [6.45, 7) is 12.4. The number of likely N-dealkylation sites (tertiary alicyclic amines) is 1. The minimum absolute atomic E-state index is 0.0157. The first-order chi connectivity index (χ1) is 12.5. The summed E-state index contributed by atoms with van der Waals surface area (Å²) in [4.78, 5) is 31.7. The van der Waals surface area contributed by atoms with Crippen LogP contribution in [0.4, 0.5) is 5.69 Å². The molecule has 1 aliphatic rings. The van der Waals surface area contributed by atoms with E-state index in [0.29, 0.717) is 35.6 Å². The lowest BCUT2D eigenvalue weighted by atomic mass is 9.94. The van der Waals surface area contributed by atoms with Crippen LogP contribution in [0.5, 0.6) is 0 Å². The van der Waals surface area contributed by atoms with Gasteiger partial charge in [-0.3, -0.25) is 9.59 Å². The SMILES string of the molecule is CC(C)(C)C(=O)N1CCCC1C(=O)Nc1ccc2oc(C(C)(C)C)nc2c1. The fraction of sp³-hybridized carbons (Fsp3) is 0.571. The van der Waals surface area contributed by atoms with Gasteiger partial charge in [-0.2, -0.15) is 0 Å². The molecular weight excluding hydrogens is 342 g/mol. The van der Waals surface area contributed by atoms with Crippen LogP contribution in [0, 0.1) is 5.41 Å². The molecule has 1 aliphatic heterocycles. The molecule has 0 spiro atoms. The largest absolute Gasteiger partial charge is 0.440 e. The number of carbonyl (C=O) groups excluding carboxylic acids is 2. The monoisotopic (exact) mass is 371 g/mol. The van der Waals surface area contributed by atoms with E-state index >= 15 is 0 Å². The van der Waals surface area contributed by atoms with E-state index in [1.807, 2.05) is 59.7 Å². The third kappa shape index (κ3) is 3.99. The van der Waals surface area contributed by atoms with Crippen LogP contribution >= 0.6 is 0 Å². The molecule has 1 aromatic carbocycles. The van der Waals surface area contributed by atoms with Gasteiger partial charge in [-0.1, -0.05) is 41.5 Å². The van der Waals surface area contributed by atoms with Crippen LogP contribution in [0.2, 0.25) is 0 Å². The Morgan fingerprint density at radius 3 is 2.52 bits per heavy atom. The summed E-state index contributed by atoms with van der Waals surface area (Å²) in [6.07, 6.45) is 1.53. The molecule has 0 radical (unpaired) electrons. The predicted molar refractivity (Wildman–Crippen MR) is 106 cm³/mol. The molecule has 1 fully saturated rings. The van der Waals surface area contributed by atoms with Crippen molar-refractivity contribution >= 4 is 28.6 Å². The molecule has 2 heterocycles. The maximum atomic E-state index is 12.8. The van der Waals surface area contributed by atoms with E-state index in [-0.39, 0.29) is 17.2 Å². The number of anilines is 1. The first kappa shape index (κ1) is 19.4. The smallest absolute Gasteiger partial charge is 0.247 e. The number of benzene rings is 1. The Bertz CT molecular complexity index is 871. The average Bonchev–Trinajstić information content (AvgIpc) is 3.19. The van der Waals surface area contributed by atoms with E-state index in [1.165, 1.54) is 0 Å². The van der Waals surface area contributed by atoms with Gasteiger partial charge in [-0.15, -0.1) is 0 Å². The number of amides is 2. The Hall–Kier alpha value is -2.37. The zero-order chi connectivity index (χ0) is 20.0. The topological polar surface area (TPSA) is 75.4 Å². The number of nitrogens with zero attached hydrogens (tertiary/aromatic N) is 2. The van der Waals surface area contributed by atoms with E-state index in [1.54, 1.807) is 4.90 Å². The van der Waals surface area contributed by atoms with Gasteiger partial charge in [0.05, 0.1) is 0 Å². The molecule has 1 unspecified atom stereocenters. The van der Waals surface area contributed by atoms with Crippen molar-refractivity contribution in [2.45, 2.75) is 65.8 Å². The second kappa shape index (κ2) is 6.66. The van der Waals surface area contributed by atoms with Crippen LogP contribution in [0.1, 0.15) is 60.3 Å². The first-order valence-electron chi connectivity index (χ1n) is 9.50. The van der Waals surface area contributed by atoms with Crippen LogP contribution in [0.3, 0.4) is 0 Å². The first-order valence-corrected chi connectivity index (χ1v) is 9.50. The maximum Gasteiger partial charge on any atom is 0.247 e. The minimum atomic E-state index is -0.494. The van der Waals surface area contributed by atoms with Crippen LogP contribution in [-0.2, 0) is 15.0 Å². The lowest BCUT2D eigenvalue weighted by Gasteiger charge is -2.30. The highest BCUT2D eigenvalue weighted by atomic mass is 16.3. The summed E-state index contributed by atoms with van der Waals surface area (Å²) in [6, 6.07) is 5.02. The van der Waals surface area contributed by atoms with Crippen molar-refractivity contribution in [3.63, 3.8) is 0 Å². The van der Waals surface area contributed by atoms with Crippen molar-refractivity contribution in [2.24, 2.45) is 5.41 Å². The van der Waals surface area contributed by atoms with E-state index in [4.69, 9.17) is 4.42 Å². The zero-order valence-corrected chi connectivity index (χ0v) is 17.0. The van der Waals surface area contributed by atoms with Crippen molar-refractivity contribution in [3.05, 3.63) is 24.1 Å². The molecule has 27 heavy (non-hydrogen) atoms. The lowest BCUT2D eigenvalue weighted by molar-refractivity contribution is -0.143. The van der Waals surface area contributed by atoms with Gasteiger partial charge in [0.1, 0.15) is 11.6 Å². The average molecular weight is 371 g/mol. The van der Waals surface area contributed by atoms with Gasteiger partial charge in [-0.25, -0.2) is 4.98 Å². The molecule has 0 aliphatic carbocycles. The van der Waals surface area contributed by atoms with Crippen molar-refractivity contribution in [1.29, 1.82) is 0 Å². The number of oxazole rings is 1. The van der Waals surface area contributed by atoms with Crippen molar-refractivity contribution in [3.8, 4) is 0 Å². The highest BCUT2D eigenvalue weighted by Crippen LogP contribution is 2.29. The van der Waals surface area contributed by atoms with Gasteiger partial charge in [0.2, 0.25) is 17.7 Å². The molecule has 3 rings (SSSR count).